The average Bonchev–Trinajstić information content (AvgIpc) is 3.34. The van der Waals surface area contributed by atoms with Gasteiger partial charge in [0.1, 0.15) is 23.6 Å². The summed E-state index contributed by atoms with van der Waals surface area (Å²) in [7, 11) is 0. The van der Waals surface area contributed by atoms with Crippen molar-refractivity contribution in [1.29, 1.82) is 0 Å². The molecule has 4 saturated carbocycles. The van der Waals surface area contributed by atoms with Gasteiger partial charge in [-0.25, -0.2) is 0 Å². The summed E-state index contributed by atoms with van der Waals surface area (Å²) in [6.07, 6.45) is 0.0626. The Morgan fingerprint density at radius 1 is 1.06 bits per heavy atom. The molecule has 0 radical (unpaired) electrons. The third-order valence-corrected chi connectivity index (χ3v) is 9.65. The lowest BCUT2D eigenvalue weighted by Gasteiger charge is -2.66. The van der Waals surface area contributed by atoms with Crippen LogP contribution in [0.25, 0.3) is 0 Å². The average molecular weight is 435 g/mol. The fraction of sp³-hybridized carbons (Fsp3) is 0.875. The number of carbonyl (C=O) groups excluding carboxylic acids is 3. The molecule has 172 valence electrons. The smallest absolute Gasteiger partial charge is 0.303 e. The van der Waals surface area contributed by atoms with Crippen LogP contribution in [0.4, 0.5) is 0 Å². The van der Waals surface area contributed by atoms with Gasteiger partial charge in [-0.3, -0.25) is 14.4 Å². The van der Waals surface area contributed by atoms with Crippen molar-refractivity contribution in [3.8, 4) is 0 Å². The van der Waals surface area contributed by atoms with Crippen LogP contribution in [0.5, 0.6) is 0 Å². The van der Waals surface area contributed by atoms with E-state index in [2.05, 4.69) is 13.8 Å². The molecule has 1 N–H and O–H groups in total. The van der Waals surface area contributed by atoms with Gasteiger partial charge >= 0.3 is 11.9 Å². The third-order valence-electron chi connectivity index (χ3n) is 9.65. The molecule has 7 nitrogen and oxygen atoms in total. The molecular weight excluding hydrogens is 400 g/mol. The van der Waals surface area contributed by atoms with E-state index < -0.39 is 52.1 Å². The van der Waals surface area contributed by atoms with E-state index in [9.17, 15) is 19.5 Å². The van der Waals surface area contributed by atoms with Gasteiger partial charge in [-0.15, -0.1) is 0 Å². The van der Waals surface area contributed by atoms with E-state index in [0.29, 0.717) is 19.3 Å². The molecule has 10 unspecified atom stereocenters. The standard InChI is InChI=1S/C24H34O7/c1-11-14-7-17-24(31-17)22(6)18(15(27)9-23(24,8-14)19(11)28)21(4,5)10-16(29-12(2)25)20(22)30-13(3)26/h11,14-18,20,27H,7-10H2,1-6H3. The van der Waals surface area contributed by atoms with Crippen LogP contribution in [-0.4, -0.2) is 52.8 Å². The van der Waals surface area contributed by atoms with E-state index in [1.807, 2.05) is 13.8 Å². The zero-order valence-corrected chi connectivity index (χ0v) is 19.3. The molecule has 5 rings (SSSR count). The van der Waals surface area contributed by atoms with Gasteiger partial charge in [-0.1, -0.05) is 27.7 Å². The van der Waals surface area contributed by atoms with Crippen molar-refractivity contribution >= 4 is 17.7 Å². The van der Waals surface area contributed by atoms with Crippen LogP contribution < -0.4 is 0 Å². The Balaban J connectivity index is 1.72. The first kappa shape index (κ1) is 21.4. The van der Waals surface area contributed by atoms with E-state index in [4.69, 9.17) is 14.2 Å². The molecule has 1 saturated heterocycles. The molecule has 0 aromatic rings. The normalized spacial score (nSPS) is 53.6. The summed E-state index contributed by atoms with van der Waals surface area (Å²) < 4.78 is 18.2. The van der Waals surface area contributed by atoms with Crippen molar-refractivity contribution < 1.29 is 33.7 Å². The molecule has 10 atom stereocenters. The Hall–Kier alpha value is -1.47. The minimum absolute atomic E-state index is 0.0614. The summed E-state index contributed by atoms with van der Waals surface area (Å²) in [5, 5.41) is 11.6. The fourth-order valence-corrected chi connectivity index (χ4v) is 9.08. The molecule has 1 aliphatic heterocycles. The van der Waals surface area contributed by atoms with Crippen LogP contribution in [0, 0.1) is 34.0 Å². The Kier molecular flexibility index (Phi) is 4.21. The monoisotopic (exact) mass is 434 g/mol. The zero-order valence-electron chi connectivity index (χ0n) is 19.3. The molecule has 7 heteroatoms. The summed E-state index contributed by atoms with van der Waals surface area (Å²) in [6.45, 7) is 10.8. The number of Topliss-reactive ketones (excluding diaryl/α,β-unsaturated/α-hetero) is 1. The predicted molar refractivity (Wildman–Crippen MR) is 109 cm³/mol. The van der Waals surface area contributed by atoms with Gasteiger partial charge in [0.25, 0.3) is 0 Å². The third kappa shape index (κ3) is 2.35. The second-order valence-electron chi connectivity index (χ2n) is 11.7. The van der Waals surface area contributed by atoms with Crippen molar-refractivity contribution in [1.82, 2.24) is 0 Å². The maximum atomic E-state index is 13.7. The number of aliphatic hydroxyl groups excluding tert-OH is 1. The molecular formula is C24H34O7. The minimum atomic E-state index is -0.868. The van der Waals surface area contributed by atoms with E-state index >= 15 is 0 Å². The molecule has 0 aromatic heterocycles. The molecule has 2 spiro atoms. The van der Waals surface area contributed by atoms with E-state index in [-0.39, 0.29) is 29.6 Å². The highest BCUT2D eigenvalue weighted by Crippen LogP contribution is 2.80. The number of fused-ring (bicyclic) bond motifs is 2. The molecule has 2 bridgehead atoms. The summed E-state index contributed by atoms with van der Waals surface area (Å²) in [5.41, 5.74) is -2.87. The molecule has 5 fully saturated rings. The van der Waals surface area contributed by atoms with Gasteiger partial charge in [0.05, 0.1) is 17.6 Å². The predicted octanol–water partition coefficient (Wildman–Crippen LogP) is 2.42. The number of hydrogen-bond acceptors (Lipinski definition) is 7. The number of ketones is 1. The SMILES string of the molecule is CC(=O)OC1CC(C)(C)C2C(O)CC34CC(CC5OC53C2(C)C1OC(C)=O)C(C)C4=O. The number of carbonyl (C=O) groups is 3. The highest BCUT2D eigenvalue weighted by Gasteiger charge is 2.89. The van der Waals surface area contributed by atoms with E-state index in [1.54, 1.807) is 0 Å². The molecule has 1 heterocycles. The van der Waals surface area contributed by atoms with Crippen LogP contribution in [-0.2, 0) is 28.6 Å². The lowest BCUT2D eigenvalue weighted by Crippen LogP contribution is -2.75. The number of esters is 2. The van der Waals surface area contributed by atoms with Gasteiger partial charge in [-0.2, -0.15) is 0 Å². The summed E-state index contributed by atoms with van der Waals surface area (Å²) in [6, 6.07) is 0. The topological polar surface area (TPSA) is 102 Å². The van der Waals surface area contributed by atoms with Crippen LogP contribution in [0.15, 0.2) is 0 Å². The Morgan fingerprint density at radius 3 is 2.32 bits per heavy atom. The molecule has 0 aromatic carbocycles. The lowest BCUT2D eigenvalue weighted by molar-refractivity contribution is -0.269. The Morgan fingerprint density at radius 2 is 1.71 bits per heavy atom. The van der Waals surface area contributed by atoms with Crippen molar-refractivity contribution in [2.45, 2.75) is 97.2 Å². The number of hydrogen-bond donors (Lipinski definition) is 1. The summed E-state index contributed by atoms with van der Waals surface area (Å²) >= 11 is 0. The van der Waals surface area contributed by atoms with Gasteiger partial charge in [0.15, 0.2) is 0 Å². The number of epoxide rings is 1. The quantitative estimate of drug-likeness (QED) is 0.526. The van der Waals surface area contributed by atoms with Crippen molar-refractivity contribution in [2.75, 3.05) is 0 Å². The summed E-state index contributed by atoms with van der Waals surface area (Å²) in [4.78, 5) is 37.9. The lowest BCUT2D eigenvalue weighted by atomic mass is 9.38. The van der Waals surface area contributed by atoms with E-state index in [1.165, 1.54) is 13.8 Å². The first-order chi connectivity index (χ1) is 14.3. The largest absolute Gasteiger partial charge is 0.459 e. The first-order valence-electron chi connectivity index (χ1n) is 11.6. The van der Waals surface area contributed by atoms with Crippen LogP contribution in [0.1, 0.15) is 67.2 Å². The second kappa shape index (κ2) is 6.10. The highest BCUT2D eigenvalue weighted by atomic mass is 16.6. The van der Waals surface area contributed by atoms with Crippen LogP contribution in [0.3, 0.4) is 0 Å². The van der Waals surface area contributed by atoms with Gasteiger partial charge < -0.3 is 19.3 Å². The molecule has 4 aliphatic carbocycles. The Labute approximate surface area is 183 Å². The van der Waals surface area contributed by atoms with Gasteiger partial charge in [0, 0.05) is 31.1 Å². The maximum absolute atomic E-state index is 13.7. The zero-order chi connectivity index (χ0) is 22.7. The Bertz CT molecular complexity index is 866. The number of aliphatic hydroxyl groups is 1. The summed E-state index contributed by atoms with van der Waals surface area (Å²) in [5.74, 6) is -0.810. The molecule has 0 amide bonds. The number of rotatable bonds is 2. The maximum Gasteiger partial charge on any atom is 0.303 e. The fourth-order valence-electron chi connectivity index (χ4n) is 9.08. The number of ether oxygens (including phenoxy) is 3. The van der Waals surface area contributed by atoms with Crippen LogP contribution in [0.2, 0.25) is 0 Å². The van der Waals surface area contributed by atoms with Crippen molar-refractivity contribution in [3.63, 3.8) is 0 Å². The van der Waals surface area contributed by atoms with Gasteiger partial charge in [0.2, 0.25) is 0 Å². The minimum Gasteiger partial charge on any atom is -0.459 e. The van der Waals surface area contributed by atoms with Crippen molar-refractivity contribution in [3.05, 3.63) is 0 Å². The highest BCUT2D eigenvalue weighted by molar-refractivity contribution is 5.92. The van der Waals surface area contributed by atoms with E-state index in [0.717, 1.165) is 6.42 Å². The molecule has 31 heavy (non-hydrogen) atoms. The van der Waals surface area contributed by atoms with Crippen molar-refractivity contribution in [2.24, 2.45) is 34.0 Å². The molecule has 5 aliphatic rings. The second-order valence-corrected chi connectivity index (χ2v) is 11.7. The first-order valence-corrected chi connectivity index (χ1v) is 11.6. The van der Waals surface area contributed by atoms with Crippen LogP contribution >= 0.6 is 0 Å². The van der Waals surface area contributed by atoms with Gasteiger partial charge in [-0.05, 0) is 37.0 Å².